The van der Waals surface area contributed by atoms with Crippen LogP contribution < -0.4 is 0 Å². The summed E-state index contributed by atoms with van der Waals surface area (Å²) in [5, 5.41) is 20.4. The highest BCUT2D eigenvalue weighted by Crippen LogP contribution is 2.26. The Morgan fingerprint density at radius 3 is 2.36 bits per heavy atom. The number of aliphatic hydroxyl groups is 1. The Morgan fingerprint density at radius 1 is 1.11 bits per heavy atom. The van der Waals surface area contributed by atoms with Gasteiger partial charge >= 0.3 is 0 Å². The zero-order chi connectivity index (χ0) is 21.4. The first-order valence-corrected chi connectivity index (χ1v) is 10.1. The van der Waals surface area contributed by atoms with E-state index >= 15 is 0 Å². The number of aromatic nitrogens is 1. The molecule has 28 heavy (non-hydrogen) atoms. The smallest absolute Gasteiger partial charge is 0.125 e. The number of nitrogens with zero attached hydrogens (tertiary/aromatic N) is 1. The summed E-state index contributed by atoms with van der Waals surface area (Å²) in [5.74, 6) is 0.447. The van der Waals surface area contributed by atoms with Crippen LogP contribution in [0, 0.1) is 26.7 Å². The van der Waals surface area contributed by atoms with E-state index in [1.54, 1.807) is 0 Å². The van der Waals surface area contributed by atoms with Gasteiger partial charge in [-0.1, -0.05) is 48.5 Å². The van der Waals surface area contributed by atoms with Crippen molar-refractivity contribution in [3.8, 4) is 5.75 Å². The van der Waals surface area contributed by atoms with Gasteiger partial charge < -0.3 is 10.2 Å². The Balaban J connectivity index is 2.71. The summed E-state index contributed by atoms with van der Waals surface area (Å²) in [6.45, 7) is 15.9. The number of allylic oxidation sites excluding steroid dienone is 6. The van der Waals surface area contributed by atoms with Gasteiger partial charge in [-0.25, -0.2) is 0 Å². The molecule has 2 N–H and O–H groups in total. The lowest BCUT2D eigenvalue weighted by Crippen LogP contribution is -2.17. The van der Waals surface area contributed by atoms with E-state index in [0.29, 0.717) is 5.75 Å². The average molecular weight is 384 g/mol. The number of aliphatic hydroxyl groups excluding tert-OH is 1. The van der Waals surface area contributed by atoms with Crippen LogP contribution in [0.25, 0.3) is 0 Å². The number of aromatic hydroxyl groups is 1. The van der Waals surface area contributed by atoms with Gasteiger partial charge in [-0.3, -0.25) is 4.98 Å². The van der Waals surface area contributed by atoms with Gasteiger partial charge in [0, 0.05) is 29.2 Å². The second-order valence-electron chi connectivity index (χ2n) is 7.85. The number of hydrogen-bond donors (Lipinski definition) is 2. The van der Waals surface area contributed by atoms with Crippen LogP contribution >= 0.6 is 0 Å². The van der Waals surface area contributed by atoms with Gasteiger partial charge in [-0.15, -0.1) is 0 Å². The summed E-state index contributed by atoms with van der Waals surface area (Å²) in [4.78, 5) is 4.62. The van der Waals surface area contributed by atoms with Crippen LogP contribution in [-0.4, -0.2) is 21.3 Å². The third-order valence-electron chi connectivity index (χ3n) is 5.40. The summed E-state index contributed by atoms with van der Waals surface area (Å²) in [5.41, 5.74) is 6.96. The van der Waals surface area contributed by atoms with Crippen molar-refractivity contribution in [2.45, 2.75) is 74.3 Å². The highest BCUT2D eigenvalue weighted by atomic mass is 16.3. The van der Waals surface area contributed by atoms with Crippen LogP contribution in [0.4, 0.5) is 0 Å². The fourth-order valence-corrected chi connectivity index (χ4v) is 3.09. The first-order valence-electron chi connectivity index (χ1n) is 10.1. The van der Waals surface area contributed by atoms with E-state index in [1.165, 1.54) is 5.57 Å². The highest BCUT2D eigenvalue weighted by molar-refractivity contribution is 5.43. The molecule has 0 amide bonds. The molecule has 3 nitrogen and oxygen atoms in total. The topological polar surface area (TPSA) is 53.4 Å². The van der Waals surface area contributed by atoms with Crippen LogP contribution in [0.15, 0.2) is 47.1 Å². The van der Waals surface area contributed by atoms with Crippen molar-refractivity contribution in [3.05, 3.63) is 69.6 Å². The van der Waals surface area contributed by atoms with Crippen molar-refractivity contribution in [1.29, 1.82) is 0 Å². The molecule has 0 radical (unpaired) electrons. The third-order valence-corrected chi connectivity index (χ3v) is 5.40. The van der Waals surface area contributed by atoms with Gasteiger partial charge in [0.2, 0.25) is 0 Å². The Labute approximate surface area is 171 Å². The lowest BCUT2D eigenvalue weighted by molar-refractivity contribution is 0.173. The molecule has 0 fully saturated rings. The molecule has 0 aliphatic rings. The minimum atomic E-state index is -0.430. The summed E-state index contributed by atoms with van der Waals surface area (Å²) in [6.07, 6.45) is 11.7. The molecule has 0 saturated carbocycles. The Hall–Kier alpha value is -2.13. The maximum atomic E-state index is 10.2. The summed E-state index contributed by atoms with van der Waals surface area (Å²) in [7, 11) is 0. The summed E-state index contributed by atoms with van der Waals surface area (Å²) >= 11 is 0. The number of rotatable bonds is 8. The van der Waals surface area contributed by atoms with Gasteiger partial charge in [-0.05, 0) is 60.5 Å². The molecule has 154 valence electrons. The zero-order valence-electron chi connectivity index (χ0n) is 18.8. The second-order valence-corrected chi connectivity index (χ2v) is 7.85. The average Bonchev–Trinajstić information content (AvgIpc) is 2.66. The molecule has 2 atom stereocenters. The van der Waals surface area contributed by atoms with Gasteiger partial charge in [0.15, 0.2) is 0 Å². The Morgan fingerprint density at radius 2 is 1.75 bits per heavy atom. The van der Waals surface area contributed by atoms with Crippen LogP contribution in [-0.2, 0) is 6.42 Å². The first kappa shape index (κ1) is 23.9. The van der Waals surface area contributed by atoms with Gasteiger partial charge in [0.05, 0.1) is 11.8 Å². The molecular formula is C25H37NO2. The minimum absolute atomic E-state index is 0.0870. The van der Waals surface area contributed by atoms with E-state index in [-0.39, 0.29) is 5.92 Å². The fourth-order valence-electron chi connectivity index (χ4n) is 3.09. The molecule has 0 spiro atoms. The van der Waals surface area contributed by atoms with Crippen molar-refractivity contribution in [3.63, 3.8) is 0 Å². The molecule has 0 aliphatic heterocycles. The Bertz CT molecular complexity index is 797. The molecule has 0 unspecified atom stereocenters. The Kier molecular flexibility index (Phi) is 9.40. The highest BCUT2D eigenvalue weighted by Gasteiger charge is 2.13. The van der Waals surface area contributed by atoms with E-state index < -0.39 is 6.10 Å². The maximum absolute atomic E-state index is 10.2. The third kappa shape index (κ3) is 6.79. The molecule has 1 aromatic heterocycles. The monoisotopic (exact) mass is 383 g/mol. The summed E-state index contributed by atoms with van der Waals surface area (Å²) in [6, 6.07) is 0. The molecule has 0 bridgehead atoms. The lowest BCUT2D eigenvalue weighted by Gasteiger charge is -2.16. The van der Waals surface area contributed by atoms with Crippen LogP contribution in [0.3, 0.4) is 0 Å². The minimum Gasteiger partial charge on any atom is -0.507 e. The van der Waals surface area contributed by atoms with Crippen LogP contribution in [0.1, 0.15) is 63.6 Å². The van der Waals surface area contributed by atoms with E-state index in [0.717, 1.165) is 46.5 Å². The molecule has 0 saturated heterocycles. The molecule has 0 aromatic carbocycles. The van der Waals surface area contributed by atoms with Crippen molar-refractivity contribution in [1.82, 2.24) is 4.98 Å². The SMILES string of the molecule is C/C=C(\C)[C@H](O)[C@H](C)/C=C(C)/C=C/C/C(C)=C/Cc1nc(C)c(C)c(O)c1C. The molecular weight excluding hydrogens is 346 g/mol. The molecule has 1 rings (SSSR count). The maximum Gasteiger partial charge on any atom is 0.125 e. The van der Waals surface area contributed by atoms with Gasteiger partial charge in [0.1, 0.15) is 5.75 Å². The van der Waals surface area contributed by atoms with E-state index in [1.807, 2.05) is 47.6 Å². The number of pyridine rings is 1. The van der Waals surface area contributed by atoms with E-state index in [2.05, 4.69) is 43.1 Å². The number of hydrogen-bond acceptors (Lipinski definition) is 3. The first-order chi connectivity index (χ1) is 13.1. The van der Waals surface area contributed by atoms with Gasteiger partial charge in [-0.2, -0.15) is 0 Å². The van der Waals surface area contributed by atoms with Crippen molar-refractivity contribution in [2.75, 3.05) is 0 Å². The van der Waals surface area contributed by atoms with E-state index in [4.69, 9.17) is 0 Å². The van der Waals surface area contributed by atoms with E-state index in [9.17, 15) is 10.2 Å². The standard InChI is InChI=1S/C25H37NO2/c1-9-18(4)24(27)19(5)15-17(3)12-10-11-16(2)13-14-23-21(7)25(28)20(6)22(8)26-23/h9-10,12-13,15,19,24,27H,11,14H2,1-8H3,(H,26,28)/b12-10+,16-13+,17-15+,18-9+/t19-,24+/m1/s1. The fraction of sp³-hybridized carbons (Fsp3) is 0.480. The van der Waals surface area contributed by atoms with Crippen LogP contribution in [0.2, 0.25) is 0 Å². The lowest BCUT2D eigenvalue weighted by atomic mass is 9.96. The summed E-state index contributed by atoms with van der Waals surface area (Å²) < 4.78 is 0. The quantitative estimate of drug-likeness (QED) is 0.424. The second kappa shape index (κ2) is 11.0. The molecule has 1 heterocycles. The number of aryl methyl sites for hydroxylation is 1. The zero-order valence-corrected chi connectivity index (χ0v) is 18.8. The van der Waals surface area contributed by atoms with Crippen LogP contribution in [0.5, 0.6) is 5.75 Å². The van der Waals surface area contributed by atoms with Crippen molar-refractivity contribution < 1.29 is 10.2 Å². The largest absolute Gasteiger partial charge is 0.507 e. The van der Waals surface area contributed by atoms with Gasteiger partial charge in [0.25, 0.3) is 0 Å². The molecule has 1 aromatic rings. The molecule has 3 heteroatoms. The van der Waals surface area contributed by atoms with Crippen molar-refractivity contribution in [2.24, 2.45) is 5.92 Å². The molecule has 0 aliphatic carbocycles. The van der Waals surface area contributed by atoms with Crippen molar-refractivity contribution >= 4 is 0 Å². The predicted octanol–water partition coefficient (Wildman–Crippen LogP) is 6.06. The normalized spacial score (nSPS) is 16.0. The predicted molar refractivity (Wildman–Crippen MR) is 120 cm³/mol.